The Morgan fingerprint density at radius 3 is 2.62 bits per heavy atom. The summed E-state index contributed by atoms with van der Waals surface area (Å²) in [6.07, 6.45) is 0. The number of hydrogen-bond acceptors (Lipinski definition) is 4. The van der Waals surface area contributed by atoms with Crippen LogP contribution in [0.5, 0.6) is 5.75 Å². The molecule has 0 amide bonds. The van der Waals surface area contributed by atoms with Crippen molar-refractivity contribution in [3.63, 3.8) is 0 Å². The van der Waals surface area contributed by atoms with Crippen molar-refractivity contribution in [2.75, 3.05) is 14.2 Å². The van der Waals surface area contributed by atoms with Crippen LogP contribution in [0.1, 0.15) is 21.5 Å². The van der Waals surface area contributed by atoms with E-state index < -0.39 is 5.97 Å². The molecule has 0 unspecified atom stereocenters. The lowest BCUT2D eigenvalue weighted by molar-refractivity contribution is 0.0600. The number of hydrogen-bond donors (Lipinski definition) is 0. The Morgan fingerprint density at radius 1 is 1.50 bits per heavy atom. The molecular formula is C11H10BrNO3. The van der Waals surface area contributed by atoms with Crippen LogP contribution in [0, 0.1) is 11.3 Å². The first-order chi connectivity index (χ1) is 7.69. The predicted molar refractivity (Wildman–Crippen MR) is 61.7 cm³/mol. The van der Waals surface area contributed by atoms with E-state index in [2.05, 4.69) is 20.7 Å². The largest absolute Gasteiger partial charge is 0.495 e. The molecule has 0 N–H and O–H groups in total. The van der Waals surface area contributed by atoms with Gasteiger partial charge in [0, 0.05) is 10.9 Å². The molecule has 1 rings (SSSR count). The van der Waals surface area contributed by atoms with Crippen LogP contribution in [0.15, 0.2) is 12.1 Å². The molecule has 0 atom stereocenters. The summed E-state index contributed by atoms with van der Waals surface area (Å²) in [5.74, 6) is -0.141. The van der Waals surface area contributed by atoms with Crippen molar-refractivity contribution in [3.8, 4) is 11.8 Å². The van der Waals surface area contributed by atoms with Crippen LogP contribution in [0.25, 0.3) is 0 Å². The molecule has 0 bridgehead atoms. The Hall–Kier alpha value is -1.54. The number of nitrogens with zero attached hydrogens (tertiary/aromatic N) is 1. The second-order valence-corrected chi connectivity index (χ2v) is 3.48. The Labute approximate surface area is 102 Å². The summed E-state index contributed by atoms with van der Waals surface area (Å²) in [5, 5.41) is 9.59. The molecular weight excluding hydrogens is 274 g/mol. The smallest absolute Gasteiger partial charge is 0.339 e. The molecule has 1 aromatic rings. The number of benzene rings is 1. The third kappa shape index (κ3) is 2.17. The van der Waals surface area contributed by atoms with Crippen molar-refractivity contribution in [2.24, 2.45) is 0 Å². The van der Waals surface area contributed by atoms with Gasteiger partial charge in [-0.15, -0.1) is 0 Å². The number of methoxy groups -OCH3 is 2. The van der Waals surface area contributed by atoms with Gasteiger partial charge >= 0.3 is 5.97 Å². The molecule has 5 heteroatoms. The van der Waals surface area contributed by atoms with Crippen LogP contribution in [-0.2, 0) is 10.1 Å². The molecule has 4 nitrogen and oxygen atoms in total. The molecule has 0 aromatic heterocycles. The standard InChI is InChI=1S/C11H10BrNO3/c1-15-10-7(5-12)3-4-8(9(10)6-13)11(14)16-2/h3-4H,5H2,1-2H3. The fraction of sp³-hybridized carbons (Fsp3) is 0.273. The van der Waals surface area contributed by atoms with Crippen LogP contribution in [0.2, 0.25) is 0 Å². The Morgan fingerprint density at radius 2 is 2.19 bits per heavy atom. The summed E-state index contributed by atoms with van der Waals surface area (Å²) in [6.45, 7) is 0. The third-order valence-corrected chi connectivity index (χ3v) is 2.71. The number of rotatable bonds is 3. The molecule has 0 aliphatic heterocycles. The molecule has 16 heavy (non-hydrogen) atoms. The lowest BCUT2D eigenvalue weighted by Crippen LogP contribution is -2.06. The minimum absolute atomic E-state index is 0.200. The van der Waals surface area contributed by atoms with Gasteiger partial charge in [0.15, 0.2) is 0 Å². The summed E-state index contributed by atoms with van der Waals surface area (Å²) in [6, 6.07) is 5.24. The van der Waals surface area contributed by atoms with Crippen LogP contribution in [0.3, 0.4) is 0 Å². The molecule has 84 valence electrons. The van der Waals surface area contributed by atoms with E-state index in [0.717, 1.165) is 5.56 Å². The lowest BCUT2D eigenvalue weighted by atomic mass is 10.0. The van der Waals surface area contributed by atoms with Gasteiger partial charge in [0.05, 0.1) is 19.8 Å². The highest BCUT2D eigenvalue weighted by molar-refractivity contribution is 9.08. The quantitative estimate of drug-likeness (QED) is 0.631. The minimum atomic E-state index is -0.545. The maximum atomic E-state index is 11.4. The van der Waals surface area contributed by atoms with E-state index in [4.69, 9.17) is 10.00 Å². The first-order valence-electron chi connectivity index (χ1n) is 4.43. The molecule has 1 aromatic carbocycles. The van der Waals surface area contributed by atoms with Gasteiger partial charge in [-0.1, -0.05) is 22.0 Å². The van der Waals surface area contributed by atoms with Crippen molar-refractivity contribution < 1.29 is 14.3 Å². The Bertz CT molecular complexity index is 451. The van der Waals surface area contributed by atoms with E-state index >= 15 is 0 Å². The molecule has 0 fully saturated rings. The monoisotopic (exact) mass is 283 g/mol. The van der Waals surface area contributed by atoms with Crippen LogP contribution < -0.4 is 4.74 Å². The van der Waals surface area contributed by atoms with Gasteiger partial charge < -0.3 is 9.47 Å². The topological polar surface area (TPSA) is 59.3 Å². The number of carbonyl (C=O) groups excluding carboxylic acids is 1. The average molecular weight is 284 g/mol. The third-order valence-electron chi connectivity index (χ3n) is 2.10. The number of halogens is 1. The zero-order valence-corrected chi connectivity index (χ0v) is 10.5. The first kappa shape index (κ1) is 12.5. The van der Waals surface area contributed by atoms with E-state index in [1.54, 1.807) is 12.1 Å². The van der Waals surface area contributed by atoms with Crippen molar-refractivity contribution in [3.05, 3.63) is 28.8 Å². The van der Waals surface area contributed by atoms with Gasteiger partial charge in [0.1, 0.15) is 17.4 Å². The van der Waals surface area contributed by atoms with Gasteiger partial charge in [-0.2, -0.15) is 5.26 Å². The summed E-state index contributed by atoms with van der Waals surface area (Å²) in [7, 11) is 2.73. The summed E-state index contributed by atoms with van der Waals surface area (Å²) in [5.41, 5.74) is 1.23. The Balaban J connectivity index is 3.45. The zero-order chi connectivity index (χ0) is 12.1. The van der Waals surface area contributed by atoms with Gasteiger partial charge in [-0.25, -0.2) is 4.79 Å². The molecule has 0 spiro atoms. The summed E-state index contributed by atoms with van der Waals surface area (Å²) in [4.78, 5) is 11.4. The second kappa shape index (κ2) is 5.52. The summed E-state index contributed by atoms with van der Waals surface area (Å²) >= 11 is 3.29. The van der Waals surface area contributed by atoms with Crippen molar-refractivity contribution in [1.82, 2.24) is 0 Å². The number of nitriles is 1. The molecule has 0 aliphatic rings. The maximum Gasteiger partial charge on any atom is 0.339 e. The van der Waals surface area contributed by atoms with E-state index in [9.17, 15) is 4.79 Å². The van der Waals surface area contributed by atoms with E-state index in [-0.39, 0.29) is 11.1 Å². The van der Waals surface area contributed by atoms with Gasteiger partial charge in [0.2, 0.25) is 0 Å². The van der Waals surface area contributed by atoms with Crippen molar-refractivity contribution in [1.29, 1.82) is 5.26 Å². The van der Waals surface area contributed by atoms with Crippen molar-refractivity contribution in [2.45, 2.75) is 5.33 Å². The van der Waals surface area contributed by atoms with Gasteiger partial charge in [-0.3, -0.25) is 0 Å². The fourth-order valence-corrected chi connectivity index (χ4v) is 1.80. The number of carbonyl (C=O) groups is 1. The zero-order valence-electron chi connectivity index (χ0n) is 8.91. The summed E-state index contributed by atoms with van der Waals surface area (Å²) < 4.78 is 9.73. The minimum Gasteiger partial charge on any atom is -0.495 e. The fourth-order valence-electron chi connectivity index (χ4n) is 1.36. The van der Waals surface area contributed by atoms with Crippen molar-refractivity contribution >= 4 is 21.9 Å². The molecule has 0 radical (unpaired) electrons. The SMILES string of the molecule is COC(=O)c1ccc(CBr)c(OC)c1C#N. The number of ether oxygens (including phenoxy) is 2. The van der Waals surface area contributed by atoms with Crippen LogP contribution >= 0.6 is 15.9 Å². The lowest BCUT2D eigenvalue weighted by Gasteiger charge is -2.10. The Kier molecular flexibility index (Phi) is 4.32. The molecule has 0 heterocycles. The molecule has 0 saturated carbocycles. The van der Waals surface area contributed by atoms with Crippen LogP contribution in [-0.4, -0.2) is 20.2 Å². The maximum absolute atomic E-state index is 11.4. The molecule has 0 aliphatic carbocycles. The number of alkyl halides is 1. The van der Waals surface area contributed by atoms with Crippen LogP contribution in [0.4, 0.5) is 0 Å². The highest BCUT2D eigenvalue weighted by Gasteiger charge is 2.18. The van der Waals surface area contributed by atoms with E-state index in [0.29, 0.717) is 11.1 Å². The van der Waals surface area contributed by atoms with Gasteiger partial charge in [-0.05, 0) is 6.07 Å². The second-order valence-electron chi connectivity index (χ2n) is 2.92. The molecule has 0 saturated heterocycles. The predicted octanol–water partition coefficient (Wildman–Crippen LogP) is 2.25. The normalized spacial score (nSPS) is 9.38. The van der Waals surface area contributed by atoms with E-state index in [1.165, 1.54) is 14.2 Å². The number of esters is 1. The highest BCUT2D eigenvalue weighted by atomic mass is 79.9. The van der Waals surface area contributed by atoms with Gasteiger partial charge in [0.25, 0.3) is 0 Å². The van der Waals surface area contributed by atoms with E-state index in [1.807, 2.05) is 6.07 Å². The highest BCUT2D eigenvalue weighted by Crippen LogP contribution is 2.28. The average Bonchev–Trinajstić information content (AvgIpc) is 2.35. The first-order valence-corrected chi connectivity index (χ1v) is 5.56.